The summed E-state index contributed by atoms with van der Waals surface area (Å²) in [4.78, 5) is 16.1. The number of rotatable bonds is 4. The number of aromatic nitrogens is 2. The van der Waals surface area contributed by atoms with Crippen molar-refractivity contribution >= 4 is 17.2 Å². The fourth-order valence-corrected chi connectivity index (χ4v) is 2.25. The van der Waals surface area contributed by atoms with E-state index in [0.29, 0.717) is 18.1 Å². The highest BCUT2D eigenvalue weighted by Crippen LogP contribution is 2.17. The number of carbonyl (C=O) groups is 1. The number of hydrogen-bond acceptors (Lipinski definition) is 5. The van der Waals surface area contributed by atoms with Crippen molar-refractivity contribution in [1.82, 2.24) is 15.5 Å². The van der Waals surface area contributed by atoms with E-state index in [9.17, 15) is 4.79 Å². The topological polar surface area (TPSA) is 68.0 Å². The molecule has 0 saturated heterocycles. The molecule has 5 nitrogen and oxygen atoms in total. The molecule has 2 heterocycles. The molecular weight excluding hydrogens is 250 g/mol. The van der Waals surface area contributed by atoms with Crippen molar-refractivity contribution in [3.8, 4) is 0 Å². The van der Waals surface area contributed by atoms with E-state index in [1.54, 1.807) is 18.3 Å². The van der Waals surface area contributed by atoms with Gasteiger partial charge in [0.25, 0.3) is 0 Å². The molecule has 0 aliphatic carbocycles. The maximum Gasteiger partial charge on any atom is 0.225 e. The van der Waals surface area contributed by atoms with Crippen LogP contribution in [0.2, 0.25) is 0 Å². The fourth-order valence-electron chi connectivity index (χ4n) is 1.58. The van der Waals surface area contributed by atoms with Gasteiger partial charge in [-0.05, 0) is 36.2 Å². The molecule has 0 aliphatic rings. The Morgan fingerprint density at radius 3 is 2.89 bits per heavy atom. The molecule has 18 heavy (non-hydrogen) atoms. The van der Waals surface area contributed by atoms with Crippen molar-refractivity contribution in [3.05, 3.63) is 34.1 Å². The summed E-state index contributed by atoms with van der Waals surface area (Å²) in [5.74, 6) is 0.921. The van der Waals surface area contributed by atoms with Crippen molar-refractivity contribution in [2.45, 2.75) is 32.7 Å². The number of carbonyl (C=O) groups excluding carboxylic acids is 1. The minimum absolute atomic E-state index is 0.0548. The Balaban J connectivity index is 2.01. The Labute approximate surface area is 109 Å². The van der Waals surface area contributed by atoms with Gasteiger partial charge in [0.2, 0.25) is 11.8 Å². The third-order valence-corrected chi connectivity index (χ3v) is 3.22. The standard InChI is InChI=1S/C12H15N3O2S/c1-8-13-11(15-17-8)12(2,3)14-10(16)6-9-4-5-18-7-9/h4-5,7H,6H2,1-3H3,(H,14,16). The molecule has 2 aromatic heterocycles. The monoisotopic (exact) mass is 265 g/mol. The highest BCUT2D eigenvalue weighted by molar-refractivity contribution is 7.07. The van der Waals surface area contributed by atoms with Gasteiger partial charge in [-0.25, -0.2) is 0 Å². The highest BCUT2D eigenvalue weighted by atomic mass is 32.1. The SMILES string of the molecule is Cc1nc(C(C)(C)NC(=O)Cc2ccsc2)no1. The number of aryl methyl sites for hydroxylation is 1. The molecule has 1 N–H and O–H groups in total. The molecule has 0 aromatic carbocycles. The number of nitrogens with one attached hydrogen (secondary N) is 1. The second kappa shape index (κ2) is 4.89. The van der Waals surface area contributed by atoms with Crippen LogP contribution in [0.25, 0.3) is 0 Å². The van der Waals surface area contributed by atoms with Crippen LogP contribution in [0.5, 0.6) is 0 Å². The van der Waals surface area contributed by atoms with Crippen molar-refractivity contribution < 1.29 is 9.32 Å². The lowest BCUT2D eigenvalue weighted by Gasteiger charge is -2.22. The van der Waals surface area contributed by atoms with E-state index in [2.05, 4.69) is 15.5 Å². The molecule has 0 fully saturated rings. The summed E-state index contributed by atoms with van der Waals surface area (Å²) in [7, 11) is 0. The third-order valence-electron chi connectivity index (χ3n) is 2.48. The average Bonchev–Trinajstić information content (AvgIpc) is 2.88. The molecule has 0 saturated carbocycles. The first kappa shape index (κ1) is 12.8. The number of thiophene rings is 1. The van der Waals surface area contributed by atoms with Gasteiger partial charge in [-0.3, -0.25) is 4.79 Å². The number of hydrogen-bond donors (Lipinski definition) is 1. The molecule has 0 radical (unpaired) electrons. The largest absolute Gasteiger partial charge is 0.344 e. The zero-order valence-corrected chi connectivity index (χ0v) is 11.4. The van der Waals surface area contributed by atoms with E-state index in [1.165, 1.54) is 0 Å². The highest BCUT2D eigenvalue weighted by Gasteiger charge is 2.28. The maximum absolute atomic E-state index is 11.9. The predicted octanol–water partition coefficient (Wildman–Crippen LogP) is 2.03. The van der Waals surface area contributed by atoms with Crippen molar-refractivity contribution in [3.63, 3.8) is 0 Å². The van der Waals surface area contributed by atoms with Crippen molar-refractivity contribution in [2.24, 2.45) is 0 Å². The summed E-state index contributed by atoms with van der Waals surface area (Å²) >= 11 is 1.58. The van der Waals surface area contributed by atoms with Crippen LogP contribution in [-0.4, -0.2) is 16.0 Å². The van der Waals surface area contributed by atoms with Gasteiger partial charge >= 0.3 is 0 Å². The summed E-state index contributed by atoms with van der Waals surface area (Å²) < 4.78 is 4.93. The van der Waals surface area contributed by atoms with Gasteiger partial charge in [0, 0.05) is 6.92 Å². The lowest BCUT2D eigenvalue weighted by Crippen LogP contribution is -2.42. The Morgan fingerprint density at radius 1 is 1.56 bits per heavy atom. The van der Waals surface area contributed by atoms with E-state index < -0.39 is 5.54 Å². The number of amides is 1. The Hall–Kier alpha value is -1.69. The van der Waals surface area contributed by atoms with E-state index >= 15 is 0 Å². The van der Waals surface area contributed by atoms with Crippen molar-refractivity contribution in [1.29, 1.82) is 0 Å². The number of nitrogens with zero attached hydrogens (tertiary/aromatic N) is 2. The van der Waals surface area contributed by atoms with Crippen LogP contribution in [0.15, 0.2) is 21.3 Å². The molecule has 0 unspecified atom stereocenters. The average molecular weight is 265 g/mol. The Bertz CT molecular complexity index is 531. The molecule has 6 heteroatoms. The zero-order valence-electron chi connectivity index (χ0n) is 10.6. The summed E-state index contributed by atoms with van der Waals surface area (Å²) in [5.41, 5.74) is 0.378. The summed E-state index contributed by atoms with van der Waals surface area (Å²) in [6.45, 7) is 5.42. The van der Waals surface area contributed by atoms with Gasteiger partial charge in [0.15, 0.2) is 5.82 Å². The van der Waals surface area contributed by atoms with Crippen LogP contribution in [-0.2, 0) is 16.8 Å². The molecular formula is C12H15N3O2S. The Morgan fingerprint density at radius 2 is 2.33 bits per heavy atom. The minimum Gasteiger partial charge on any atom is -0.344 e. The quantitative estimate of drug-likeness (QED) is 0.918. The molecule has 96 valence electrons. The molecule has 0 spiro atoms. The first-order valence-electron chi connectivity index (χ1n) is 5.60. The van der Waals surface area contributed by atoms with Gasteiger partial charge in [-0.1, -0.05) is 5.16 Å². The normalized spacial score (nSPS) is 11.5. The van der Waals surface area contributed by atoms with E-state index in [1.807, 2.05) is 30.7 Å². The molecule has 1 amide bonds. The minimum atomic E-state index is -0.634. The molecule has 0 aliphatic heterocycles. The van der Waals surface area contributed by atoms with Gasteiger partial charge in [0.05, 0.1) is 12.0 Å². The molecule has 0 atom stereocenters. The van der Waals surface area contributed by atoms with Crippen LogP contribution < -0.4 is 5.32 Å². The first-order valence-corrected chi connectivity index (χ1v) is 6.54. The van der Waals surface area contributed by atoms with Gasteiger partial charge in [-0.15, -0.1) is 0 Å². The fraction of sp³-hybridized carbons (Fsp3) is 0.417. The molecule has 0 bridgehead atoms. The van der Waals surface area contributed by atoms with E-state index in [0.717, 1.165) is 5.56 Å². The van der Waals surface area contributed by atoms with E-state index in [-0.39, 0.29) is 5.91 Å². The molecule has 2 aromatic rings. The van der Waals surface area contributed by atoms with E-state index in [4.69, 9.17) is 4.52 Å². The van der Waals surface area contributed by atoms with Gasteiger partial charge in [0.1, 0.15) is 0 Å². The predicted molar refractivity (Wildman–Crippen MR) is 68.2 cm³/mol. The summed E-state index contributed by atoms with van der Waals surface area (Å²) in [5, 5.41) is 10.7. The second-order valence-electron chi connectivity index (χ2n) is 4.62. The van der Waals surface area contributed by atoms with Crippen LogP contribution in [0, 0.1) is 6.92 Å². The first-order chi connectivity index (χ1) is 8.47. The lowest BCUT2D eigenvalue weighted by atomic mass is 10.0. The third kappa shape index (κ3) is 2.95. The van der Waals surface area contributed by atoms with Gasteiger partial charge in [-0.2, -0.15) is 16.3 Å². The zero-order chi connectivity index (χ0) is 13.2. The van der Waals surface area contributed by atoms with Crippen LogP contribution in [0.4, 0.5) is 0 Å². The summed E-state index contributed by atoms with van der Waals surface area (Å²) in [6.07, 6.45) is 0.365. The van der Waals surface area contributed by atoms with Crippen LogP contribution >= 0.6 is 11.3 Å². The van der Waals surface area contributed by atoms with Crippen LogP contribution in [0.3, 0.4) is 0 Å². The van der Waals surface area contributed by atoms with Crippen LogP contribution in [0.1, 0.15) is 31.1 Å². The van der Waals surface area contributed by atoms with Gasteiger partial charge < -0.3 is 9.84 Å². The molecule has 2 rings (SSSR count). The van der Waals surface area contributed by atoms with Crippen molar-refractivity contribution in [2.75, 3.05) is 0 Å². The maximum atomic E-state index is 11.9. The Kier molecular flexibility index (Phi) is 3.47. The lowest BCUT2D eigenvalue weighted by molar-refractivity contribution is -0.122. The second-order valence-corrected chi connectivity index (χ2v) is 5.40. The smallest absolute Gasteiger partial charge is 0.225 e. The summed E-state index contributed by atoms with van der Waals surface area (Å²) in [6, 6.07) is 1.94.